The van der Waals surface area contributed by atoms with Crippen molar-refractivity contribution in [3.63, 3.8) is 0 Å². The van der Waals surface area contributed by atoms with Gasteiger partial charge in [0.15, 0.2) is 0 Å². The molecule has 0 aliphatic rings. The summed E-state index contributed by atoms with van der Waals surface area (Å²) >= 11 is 12.5. The Kier molecular flexibility index (Phi) is 5.46. The van der Waals surface area contributed by atoms with Gasteiger partial charge in [-0.05, 0) is 30.7 Å². The van der Waals surface area contributed by atoms with Crippen LogP contribution in [0.15, 0.2) is 30.5 Å². The molecule has 2 rings (SSSR count). The Morgan fingerprint density at radius 2 is 2.10 bits per heavy atom. The van der Waals surface area contributed by atoms with Crippen LogP contribution in [0.5, 0.6) is 0 Å². The summed E-state index contributed by atoms with van der Waals surface area (Å²) in [7, 11) is 1.92. The molecule has 20 heavy (non-hydrogen) atoms. The highest BCUT2D eigenvalue weighted by molar-refractivity contribution is 6.42. The molecule has 2 aromatic rings. The minimum absolute atomic E-state index is 0.121. The van der Waals surface area contributed by atoms with Gasteiger partial charge in [-0.15, -0.1) is 0 Å². The summed E-state index contributed by atoms with van der Waals surface area (Å²) in [4.78, 5) is 0. The number of halogens is 2. The van der Waals surface area contributed by atoms with Crippen LogP contribution < -0.4 is 5.32 Å². The van der Waals surface area contributed by atoms with E-state index in [4.69, 9.17) is 23.2 Å². The molecule has 108 valence electrons. The van der Waals surface area contributed by atoms with Crippen LogP contribution in [0.25, 0.3) is 0 Å². The Bertz CT molecular complexity index is 566. The molecule has 1 N–H and O–H groups in total. The molecule has 1 aromatic carbocycles. The molecule has 1 heterocycles. The summed E-state index contributed by atoms with van der Waals surface area (Å²) in [5, 5.41) is 9.17. The molecule has 0 fully saturated rings. The smallest absolute Gasteiger partial charge is 0.0643 e. The summed E-state index contributed by atoms with van der Waals surface area (Å²) in [5.41, 5.74) is 2.07. The maximum absolute atomic E-state index is 6.34. The minimum Gasteiger partial charge on any atom is -0.310 e. The first-order valence-electron chi connectivity index (χ1n) is 6.77. The normalized spacial score (nSPS) is 12.6. The summed E-state index contributed by atoms with van der Waals surface area (Å²) in [6.45, 7) is 3.07. The van der Waals surface area contributed by atoms with Crippen molar-refractivity contribution < 1.29 is 0 Å². The molecular weight excluding hydrogens is 293 g/mol. The molecule has 5 heteroatoms. The van der Waals surface area contributed by atoms with E-state index in [1.807, 2.05) is 42.2 Å². The third kappa shape index (κ3) is 3.75. The molecule has 3 nitrogen and oxygen atoms in total. The van der Waals surface area contributed by atoms with Gasteiger partial charge in [-0.25, -0.2) is 0 Å². The molecule has 0 radical (unpaired) electrons. The third-order valence-corrected chi connectivity index (χ3v) is 4.01. The van der Waals surface area contributed by atoms with E-state index < -0.39 is 0 Å². The number of rotatable bonds is 6. The highest BCUT2D eigenvalue weighted by atomic mass is 35.5. The van der Waals surface area contributed by atoms with Gasteiger partial charge in [0.05, 0.1) is 15.7 Å². The van der Waals surface area contributed by atoms with Gasteiger partial charge in [0.2, 0.25) is 0 Å². The zero-order valence-corrected chi connectivity index (χ0v) is 13.2. The number of aromatic nitrogens is 2. The molecule has 1 aromatic heterocycles. The van der Waals surface area contributed by atoms with E-state index >= 15 is 0 Å². The second-order valence-corrected chi connectivity index (χ2v) is 5.62. The molecule has 0 spiro atoms. The van der Waals surface area contributed by atoms with E-state index in [9.17, 15) is 0 Å². The first-order chi connectivity index (χ1) is 9.61. The van der Waals surface area contributed by atoms with Crippen LogP contribution in [-0.4, -0.2) is 16.3 Å². The molecule has 1 atom stereocenters. The van der Waals surface area contributed by atoms with Gasteiger partial charge < -0.3 is 5.32 Å². The fraction of sp³-hybridized carbons (Fsp3) is 0.400. The largest absolute Gasteiger partial charge is 0.310 e. The Morgan fingerprint density at radius 3 is 2.75 bits per heavy atom. The minimum atomic E-state index is 0.121. The van der Waals surface area contributed by atoms with E-state index in [0.717, 1.165) is 30.6 Å². The quantitative estimate of drug-likeness (QED) is 0.873. The van der Waals surface area contributed by atoms with Crippen LogP contribution in [0.2, 0.25) is 10.0 Å². The first-order valence-corrected chi connectivity index (χ1v) is 7.53. The van der Waals surface area contributed by atoms with Gasteiger partial charge in [-0.2, -0.15) is 5.10 Å². The molecule has 0 bridgehead atoms. The number of benzene rings is 1. The van der Waals surface area contributed by atoms with Crippen molar-refractivity contribution in [1.29, 1.82) is 0 Å². The lowest BCUT2D eigenvalue weighted by Gasteiger charge is -2.19. The highest BCUT2D eigenvalue weighted by Crippen LogP contribution is 2.31. The number of aryl methyl sites for hydroxylation is 1. The lowest BCUT2D eigenvalue weighted by atomic mass is 10.0. The predicted molar refractivity (Wildman–Crippen MR) is 84.4 cm³/mol. The van der Waals surface area contributed by atoms with Crippen molar-refractivity contribution in [1.82, 2.24) is 15.1 Å². The van der Waals surface area contributed by atoms with E-state index in [-0.39, 0.29) is 6.04 Å². The summed E-state index contributed by atoms with van der Waals surface area (Å²) in [6, 6.07) is 7.91. The van der Waals surface area contributed by atoms with Gasteiger partial charge in [0.1, 0.15) is 0 Å². The second kappa shape index (κ2) is 7.11. The van der Waals surface area contributed by atoms with Crippen molar-refractivity contribution in [2.75, 3.05) is 6.54 Å². The van der Waals surface area contributed by atoms with Crippen molar-refractivity contribution in [2.45, 2.75) is 25.8 Å². The summed E-state index contributed by atoms with van der Waals surface area (Å²) in [5.74, 6) is 0. The van der Waals surface area contributed by atoms with E-state index in [1.165, 1.54) is 0 Å². The molecule has 0 amide bonds. The van der Waals surface area contributed by atoms with Gasteiger partial charge >= 0.3 is 0 Å². The van der Waals surface area contributed by atoms with Crippen LogP contribution in [-0.2, 0) is 13.5 Å². The maximum atomic E-state index is 6.34. The van der Waals surface area contributed by atoms with Crippen LogP contribution in [0.4, 0.5) is 0 Å². The summed E-state index contributed by atoms with van der Waals surface area (Å²) in [6.07, 6.45) is 3.81. The zero-order chi connectivity index (χ0) is 14.5. The zero-order valence-electron chi connectivity index (χ0n) is 11.7. The Balaban J connectivity index is 2.24. The second-order valence-electron chi connectivity index (χ2n) is 4.83. The van der Waals surface area contributed by atoms with Crippen molar-refractivity contribution in [3.05, 3.63) is 51.8 Å². The maximum Gasteiger partial charge on any atom is 0.0643 e. The average molecular weight is 312 g/mol. The lowest BCUT2D eigenvalue weighted by molar-refractivity contribution is 0.521. The van der Waals surface area contributed by atoms with E-state index in [2.05, 4.69) is 17.3 Å². The van der Waals surface area contributed by atoms with E-state index in [1.54, 1.807) is 0 Å². The SMILES string of the molecule is CCCNC(Cc1ccn(C)n1)c1cccc(Cl)c1Cl. The van der Waals surface area contributed by atoms with Gasteiger partial charge in [-0.3, -0.25) is 4.68 Å². The molecule has 0 saturated carbocycles. The van der Waals surface area contributed by atoms with Crippen molar-refractivity contribution in [2.24, 2.45) is 7.05 Å². The monoisotopic (exact) mass is 311 g/mol. The fourth-order valence-corrected chi connectivity index (χ4v) is 2.62. The molecular formula is C15H19Cl2N3. The average Bonchev–Trinajstić information content (AvgIpc) is 2.83. The number of nitrogens with one attached hydrogen (secondary N) is 1. The molecule has 0 aliphatic heterocycles. The highest BCUT2D eigenvalue weighted by Gasteiger charge is 2.17. The predicted octanol–water partition coefficient (Wildman–Crippen LogP) is 4.01. The van der Waals surface area contributed by atoms with Crippen LogP contribution >= 0.6 is 23.2 Å². The molecule has 1 unspecified atom stereocenters. The number of nitrogens with zero attached hydrogens (tertiary/aromatic N) is 2. The lowest BCUT2D eigenvalue weighted by Crippen LogP contribution is -2.24. The number of hydrogen-bond acceptors (Lipinski definition) is 2. The third-order valence-electron chi connectivity index (χ3n) is 3.18. The van der Waals surface area contributed by atoms with Crippen molar-refractivity contribution >= 4 is 23.2 Å². The Hall–Kier alpha value is -1.03. The van der Waals surface area contributed by atoms with Crippen LogP contribution in [0, 0.1) is 0 Å². The fourth-order valence-electron chi connectivity index (χ4n) is 2.18. The Labute approximate surface area is 129 Å². The van der Waals surface area contributed by atoms with E-state index in [0.29, 0.717) is 10.0 Å². The standard InChI is InChI=1S/C15H19Cl2N3/c1-3-8-18-14(10-11-7-9-20(2)19-11)12-5-4-6-13(16)15(12)17/h4-7,9,14,18H,3,8,10H2,1-2H3. The van der Waals surface area contributed by atoms with Gasteiger partial charge in [0.25, 0.3) is 0 Å². The molecule has 0 aliphatic carbocycles. The molecule has 0 saturated heterocycles. The van der Waals surface area contributed by atoms with Gasteiger partial charge in [0, 0.05) is 25.7 Å². The van der Waals surface area contributed by atoms with Crippen molar-refractivity contribution in [3.8, 4) is 0 Å². The van der Waals surface area contributed by atoms with Crippen LogP contribution in [0.3, 0.4) is 0 Å². The number of hydrogen-bond donors (Lipinski definition) is 1. The van der Waals surface area contributed by atoms with Crippen LogP contribution in [0.1, 0.15) is 30.6 Å². The summed E-state index contributed by atoms with van der Waals surface area (Å²) < 4.78 is 1.81. The first kappa shape index (κ1) is 15.4. The Morgan fingerprint density at radius 1 is 1.30 bits per heavy atom. The topological polar surface area (TPSA) is 29.9 Å². The van der Waals surface area contributed by atoms with Gasteiger partial charge in [-0.1, -0.05) is 42.3 Å².